The fourth-order valence-corrected chi connectivity index (χ4v) is 4.24. The summed E-state index contributed by atoms with van der Waals surface area (Å²) in [6.45, 7) is 10.00. The second kappa shape index (κ2) is 12.8. The number of benzene rings is 1. The first kappa shape index (κ1) is 29.0. The van der Waals surface area contributed by atoms with E-state index in [1.165, 1.54) is 36.4 Å². The quantitative estimate of drug-likeness (QED) is 0.330. The Morgan fingerprint density at radius 2 is 1.76 bits per heavy atom. The maximum atomic E-state index is 14.4. The monoisotopic (exact) mass is 545 g/mol. The molecule has 0 spiro atoms. The van der Waals surface area contributed by atoms with Crippen LogP contribution < -0.4 is 14.2 Å². The zero-order valence-electron chi connectivity index (χ0n) is 22.0. The maximum Gasteiger partial charge on any atom is 0.281 e. The Bertz CT molecular complexity index is 1380. The molecule has 11 heteroatoms. The third-order valence-electron chi connectivity index (χ3n) is 4.99. The van der Waals surface area contributed by atoms with Crippen LogP contribution in [0.15, 0.2) is 53.6 Å². The van der Waals surface area contributed by atoms with Crippen molar-refractivity contribution in [2.75, 3.05) is 19.8 Å². The highest BCUT2D eigenvalue weighted by molar-refractivity contribution is 7.90. The van der Waals surface area contributed by atoms with Gasteiger partial charge in [0.05, 0.1) is 25.0 Å². The molecule has 0 saturated carbocycles. The summed E-state index contributed by atoms with van der Waals surface area (Å²) in [5, 5.41) is -0.295. The van der Waals surface area contributed by atoms with Gasteiger partial charge >= 0.3 is 0 Å². The molecule has 0 aliphatic heterocycles. The molecule has 1 amide bonds. The number of pyridine rings is 2. The Morgan fingerprint density at radius 3 is 2.45 bits per heavy atom. The molecule has 0 fully saturated rings. The van der Waals surface area contributed by atoms with Crippen LogP contribution in [-0.2, 0) is 14.8 Å². The lowest BCUT2D eigenvalue weighted by molar-refractivity contribution is 0.0538. The predicted molar refractivity (Wildman–Crippen MR) is 140 cm³/mol. The van der Waals surface area contributed by atoms with Crippen molar-refractivity contribution in [3.05, 3.63) is 65.6 Å². The highest BCUT2D eigenvalue weighted by Gasteiger charge is 2.24. The fourth-order valence-electron chi connectivity index (χ4n) is 3.26. The second-order valence-corrected chi connectivity index (χ2v) is 10.9. The lowest BCUT2D eigenvalue weighted by Gasteiger charge is -2.14. The van der Waals surface area contributed by atoms with Crippen LogP contribution in [0.5, 0.6) is 11.6 Å². The average molecular weight is 546 g/mol. The summed E-state index contributed by atoms with van der Waals surface area (Å²) in [6.07, 6.45) is -0.0378. The van der Waals surface area contributed by atoms with Gasteiger partial charge in [-0.1, -0.05) is 19.9 Å². The van der Waals surface area contributed by atoms with E-state index in [2.05, 4.69) is 9.97 Å². The number of aryl methyl sites for hydroxylation is 1. The van der Waals surface area contributed by atoms with E-state index in [0.29, 0.717) is 29.3 Å². The van der Waals surface area contributed by atoms with Gasteiger partial charge in [0.15, 0.2) is 5.03 Å². The first-order valence-electron chi connectivity index (χ1n) is 12.1. The first-order valence-corrected chi connectivity index (χ1v) is 13.6. The van der Waals surface area contributed by atoms with Crippen LogP contribution in [0.1, 0.15) is 43.7 Å². The highest BCUT2D eigenvalue weighted by Crippen LogP contribution is 2.28. The van der Waals surface area contributed by atoms with Crippen LogP contribution >= 0.6 is 0 Å². The summed E-state index contributed by atoms with van der Waals surface area (Å²) in [6, 6.07) is 11.5. The standard InChI is InChI=1S/C27H32FN3O6S/c1-17(2)16-37-22-14-20(13-21(28)15-22)24-10-9-23(27(30-24)36-12-11-35-18(3)4)26(32)31-38(33,34)25-8-6-7-19(5)29-25/h6-10,13-15,17-18H,11-12,16H2,1-5H3,(H,31,32). The number of carbonyl (C=O) groups excluding carboxylic acids is 1. The largest absolute Gasteiger partial charge is 0.493 e. The summed E-state index contributed by atoms with van der Waals surface area (Å²) in [7, 11) is -4.26. The number of nitrogens with one attached hydrogen (secondary N) is 1. The van der Waals surface area contributed by atoms with Crippen LogP contribution in [0.25, 0.3) is 11.3 Å². The van der Waals surface area contributed by atoms with Crippen molar-refractivity contribution in [3.8, 4) is 22.9 Å². The summed E-state index contributed by atoms with van der Waals surface area (Å²) < 4.78 is 58.7. The van der Waals surface area contributed by atoms with E-state index in [0.717, 1.165) is 0 Å². The number of aromatic nitrogens is 2. The summed E-state index contributed by atoms with van der Waals surface area (Å²) in [5.41, 5.74) is 1.06. The van der Waals surface area contributed by atoms with E-state index in [1.54, 1.807) is 19.1 Å². The van der Waals surface area contributed by atoms with Crippen LogP contribution in [0.2, 0.25) is 0 Å². The van der Waals surface area contributed by atoms with Gasteiger partial charge in [-0.25, -0.2) is 19.1 Å². The smallest absolute Gasteiger partial charge is 0.281 e. The number of halogens is 1. The molecule has 2 heterocycles. The van der Waals surface area contributed by atoms with Gasteiger partial charge in [-0.2, -0.15) is 8.42 Å². The zero-order chi connectivity index (χ0) is 27.9. The third-order valence-corrected chi connectivity index (χ3v) is 6.23. The fraction of sp³-hybridized carbons (Fsp3) is 0.370. The van der Waals surface area contributed by atoms with E-state index in [9.17, 15) is 17.6 Å². The molecule has 204 valence electrons. The molecule has 0 bridgehead atoms. The molecule has 2 aromatic heterocycles. The number of hydrogen-bond donors (Lipinski definition) is 1. The van der Waals surface area contributed by atoms with Crippen LogP contribution in [0.3, 0.4) is 0 Å². The highest BCUT2D eigenvalue weighted by atomic mass is 32.2. The number of nitrogens with zero attached hydrogens (tertiary/aromatic N) is 2. The molecule has 0 unspecified atom stereocenters. The Labute approximate surface area is 222 Å². The number of rotatable bonds is 12. The van der Waals surface area contributed by atoms with Crippen LogP contribution in [-0.4, -0.2) is 50.2 Å². The van der Waals surface area contributed by atoms with E-state index < -0.39 is 21.7 Å². The molecule has 1 N–H and O–H groups in total. The molecule has 0 saturated heterocycles. The lowest BCUT2D eigenvalue weighted by Crippen LogP contribution is -2.32. The van der Waals surface area contributed by atoms with Gasteiger partial charge in [0.25, 0.3) is 15.9 Å². The van der Waals surface area contributed by atoms with Gasteiger partial charge in [-0.05, 0) is 63.1 Å². The van der Waals surface area contributed by atoms with E-state index in [-0.39, 0.29) is 41.7 Å². The minimum absolute atomic E-state index is 0.0378. The molecule has 0 atom stereocenters. The van der Waals surface area contributed by atoms with E-state index in [1.807, 2.05) is 32.4 Å². The Morgan fingerprint density at radius 1 is 1.00 bits per heavy atom. The number of sulfonamides is 1. The van der Waals surface area contributed by atoms with Crippen molar-refractivity contribution in [2.45, 2.75) is 45.7 Å². The molecule has 0 aliphatic rings. The second-order valence-electron chi connectivity index (χ2n) is 9.25. The Hall–Kier alpha value is -3.57. The maximum absolute atomic E-state index is 14.4. The number of carbonyl (C=O) groups is 1. The van der Waals surface area contributed by atoms with Crippen LogP contribution in [0, 0.1) is 18.7 Å². The molecule has 0 aliphatic carbocycles. The molecule has 3 rings (SSSR count). The molecule has 1 aromatic carbocycles. The molecule has 9 nitrogen and oxygen atoms in total. The third kappa shape index (κ3) is 8.22. The van der Waals surface area contributed by atoms with Crippen molar-refractivity contribution in [3.63, 3.8) is 0 Å². The number of amides is 1. The summed E-state index contributed by atoms with van der Waals surface area (Å²) in [5.74, 6) is -1.02. The zero-order valence-corrected chi connectivity index (χ0v) is 22.8. The van der Waals surface area contributed by atoms with Crippen molar-refractivity contribution in [2.24, 2.45) is 5.92 Å². The Kier molecular flexibility index (Phi) is 9.76. The van der Waals surface area contributed by atoms with Crippen molar-refractivity contribution in [1.82, 2.24) is 14.7 Å². The van der Waals surface area contributed by atoms with Gasteiger partial charge in [0, 0.05) is 17.3 Å². The van der Waals surface area contributed by atoms with Gasteiger partial charge < -0.3 is 14.2 Å². The van der Waals surface area contributed by atoms with Crippen molar-refractivity contribution < 1.29 is 31.8 Å². The Balaban J connectivity index is 1.93. The summed E-state index contributed by atoms with van der Waals surface area (Å²) >= 11 is 0. The molecular weight excluding hydrogens is 513 g/mol. The SMILES string of the molecule is Cc1cccc(S(=O)(=O)NC(=O)c2ccc(-c3cc(F)cc(OCC(C)C)c3)nc2OCCOC(C)C)n1. The van der Waals surface area contributed by atoms with Gasteiger partial charge in [-0.3, -0.25) is 4.79 Å². The van der Waals surface area contributed by atoms with Crippen LogP contribution in [0.4, 0.5) is 4.39 Å². The van der Waals surface area contributed by atoms with Gasteiger partial charge in [0.1, 0.15) is 23.7 Å². The number of hydrogen-bond acceptors (Lipinski definition) is 8. The lowest BCUT2D eigenvalue weighted by atomic mass is 10.1. The molecule has 3 aromatic rings. The van der Waals surface area contributed by atoms with E-state index >= 15 is 0 Å². The topological polar surface area (TPSA) is 117 Å². The van der Waals surface area contributed by atoms with Gasteiger partial charge in [-0.15, -0.1) is 0 Å². The first-order chi connectivity index (χ1) is 17.9. The predicted octanol–water partition coefficient (Wildman–Crippen LogP) is 4.55. The molecule has 0 radical (unpaired) electrons. The van der Waals surface area contributed by atoms with E-state index in [4.69, 9.17) is 14.2 Å². The average Bonchev–Trinajstić information content (AvgIpc) is 2.84. The van der Waals surface area contributed by atoms with Gasteiger partial charge in [0.2, 0.25) is 5.88 Å². The summed E-state index contributed by atoms with van der Waals surface area (Å²) in [4.78, 5) is 21.4. The normalized spacial score (nSPS) is 11.6. The van der Waals surface area contributed by atoms with Crippen molar-refractivity contribution >= 4 is 15.9 Å². The minimum Gasteiger partial charge on any atom is -0.493 e. The molecule has 38 heavy (non-hydrogen) atoms. The minimum atomic E-state index is -4.26. The number of ether oxygens (including phenoxy) is 3. The molecular formula is C27H32FN3O6S. The van der Waals surface area contributed by atoms with Crippen molar-refractivity contribution in [1.29, 1.82) is 0 Å².